The molecule has 4 rings (SSSR count). The molecule has 4 aromatic rings. The molecule has 0 aliphatic rings. The summed E-state index contributed by atoms with van der Waals surface area (Å²) in [6, 6.07) is 25.5. The molecule has 1 unspecified atom stereocenters. The predicted molar refractivity (Wildman–Crippen MR) is 149 cm³/mol. The molecule has 6 nitrogen and oxygen atoms in total. The van der Waals surface area contributed by atoms with Gasteiger partial charge in [-0.05, 0) is 57.3 Å². The summed E-state index contributed by atoms with van der Waals surface area (Å²) in [5.74, 6) is 0.498. The zero-order chi connectivity index (χ0) is 25.0. The van der Waals surface area contributed by atoms with Gasteiger partial charge < -0.3 is 14.6 Å². The SMILES string of the molecule is CC(C)NS(=O)(=O)c1[nH]c2ccccc2c1C(c1ccccc1)c1ccc(OCCN(C)C)cc1.Cl. The van der Waals surface area contributed by atoms with Gasteiger partial charge in [0.25, 0.3) is 10.0 Å². The Kier molecular flexibility index (Phi) is 9.19. The normalized spacial score (nSPS) is 12.6. The molecule has 0 saturated carbocycles. The zero-order valence-corrected chi connectivity index (χ0v) is 22.7. The fourth-order valence-electron chi connectivity index (χ4n) is 4.28. The van der Waals surface area contributed by atoms with Gasteiger partial charge in [-0.3, -0.25) is 0 Å². The van der Waals surface area contributed by atoms with Gasteiger partial charge in [-0.25, -0.2) is 13.1 Å². The summed E-state index contributed by atoms with van der Waals surface area (Å²) in [7, 11) is 0.247. The summed E-state index contributed by atoms with van der Waals surface area (Å²) in [4.78, 5) is 5.27. The number of rotatable bonds is 10. The van der Waals surface area contributed by atoms with Crippen LogP contribution in [-0.2, 0) is 10.0 Å². The number of likely N-dealkylation sites (N-methyl/N-ethyl adjacent to an activating group) is 1. The Morgan fingerprint density at radius 2 is 1.50 bits per heavy atom. The van der Waals surface area contributed by atoms with Crippen LogP contribution in [0.1, 0.15) is 36.5 Å². The standard InChI is InChI=1S/C28H33N3O3S.ClH/c1-20(2)30-35(32,33)28-27(24-12-8-9-13-25(24)29-28)26(21-10-6-5-7-11-21)22-14-16-23(17-15-22)34-19-18-31(3)4;/h5-17,20,26,29-30H,18-19H2,1-4H3;1H. The number of aromatic nitrogens is 1. The van der Waals surface area contributed by atoms with Crippen LogP contribution in [0.2, 0.25) is 0 Å². The number of aromatic amines is 1. The van der Waals surface area contributed by atoms with Crippen LogP contribution >= 0.6 is 12.4 Å². The molecule has 0 spiro atoms. The molecule has 0 saturated heterocycles. The van der Waals surface area contributed by atoms with Gasteiger partial charge in [-0.1, -0.05) is 60.7 Å². The van der Waals surface area contributed by atoms with Crippen molar-refractivity contribution in [2.45, 2.75) is 30.8 Å². The van der Waals surface area contributed by atoms with E-state index < -0.39 is 10.0 Å². The average Bonchev–Trinajstić information content (AvgIpc) is 3.20. The smallest absolute Gasteiger partial charge is 0.256 e. The highest BCUT2D eigenvalue weighted by molar-refractivity contribution is 7.89. The lowest BCUT2D eigenvalue weighted by atomic mass is 9.85. The molecule has 3 aromatic carbocycles. The summed E-state index contributed by atoms with van der Waals surface area (Å²) in [5.41, 5.74) is 3.53. The van der Waals surface area contributed by atoms with Gasteiger partial charge in [0.15, 0.2) is 5.03 Å². The van der Waals surface area contributed by atoms with Gasteiger partial charge in [0.2, 0.25) is 0 Å². The molecule has 1 heterocycles. The van der Waals surface area contributed by atoms with Crippen LogP contribution in [0.5, 0.6) is 5.75 Å². The van der Waals surface area contributed by atoms with E-state index in [-0.39, 0.29) is 29.4 Å². The highest BCUT2D eigenvalue weighted by Crippen LogP contribution is 2.40. The maximum atomic E-state index is 13.5. The number of hydrogen-bond donors (Lipinski definition) is 2. The minimum atomic E-state index is -3.78. The van der Waals surface area contributed by atoms with Crippen LogP contribution in [-0.4, -0.2) is 51.6 Å². The van der Waals surface area contributed by atoms with E-state index in [2.05, 4.69) is 14.6 Å². The fourth-order valence-corrected chi connectivity index (χ4v) is 5.78. The van der Waals surface area contributed by atoms with Crippen molar-refractivity contribution < 1.29 is 13.2 Å². The topological polar surface area (TPSA) is 74.4 Å². The Hall–Kier alpha value is -2.84. The highest BCUT2D eigenvalue weighted by Gasteiger charge is 2.30. The molecule has 192 valence electrons. The number of sulfonamides is 1. The van der Waals surface area contributed by atoms with Crippen LogP contribution in [0.4, 0.5) is 0 Å². The van der Waals surface area contributed by atoms with Crippen molar-refractivity contribution in [1.29, 1.82) is 0 Å². The number of benzene rings is 3. The highest BCUT2D eigenvalue weighted by atomic mass is 35.5. The third-order valence-corrected chi connectivity index (χ3v) is 7.45. The molecule has 2 N–H and O–H groups in total. The van der Waals surface area contributed by atoms with E-state index in [0.717, 1.165) is 39.9 Å². The maximum absolute atomic E-state index is 13.5. The summed E-state index contributed by atoms with van der Waals surface area (Å²) >= 11 is 0. The third kappa shape index (κ3) is 6.28. The molecule has 0 fully saturated rings. The van der Waals surface area contributed by atoms with Gasteiger partial charge in [-0.15, -0.1) is 12.4 Å². The van der Waals surface area contributed by atoms with Crippen LogP contribution in [0.25, 0.3) is 10.9 Å². The zero-order valence-electron chi connectivity index (χ0n) is 21.1. The lowest BCUT2D eigenvalue weighted by molar-refractivity contribution is 0.261. The summed E-state index contributed by atoms with van der Waals surface area (Å²) in [5, 5.41) is 1.09. The molecule has 0 radical (unpaired) electrons. The summed E-state index contributed by atoms with van der Waals surface area (Å²) in [6.07, 6.45) is 0. The molecule has 0 aliphatic carbocycles. The van der Waals surface area contributed by atoms with Gasteiger partial charge in [0.1, 0.15) is 12.4 Å². The number of nitrogens with zero attached hydrogens (tertiary/aromatic N) is 1. The summed E-state index contributed by atoms with van der Waals surface area (Å²) in [6.45, 7) is 5.07. The van der Waals surface area contributed by atoms with E-state index in [9.17, 15) is 8.42 Å². The second-order valence-corrected chi connectivity index (χ2v) is 10.9. The van der Waals surface area contributed by atoms with Crippen molar-refractivity contribution >= 4 is 33.3 Å². The van der Waals surface area contributed by atoms with Crippen LogP contribution in [0.3, 0.4) is 0 Å². The van der Waals surface area contributed by atoms with Crippen molar-refractivity contribution in [3.63, 3.8) is 0 Å². The van der Waals surface area contributed by atoms with Crippen molar-refractivity contribution in [2.75, 3.05) is 27.2 Å². The number of hydrogen-bond acceptors (Lipinski definition) is 4. The van der Waals surface area contributed by atoms with E-state index in [4.69, 9.17) is 4.74 Å². The first-order valence-electron chi connectivity index (χ1n) is 11.8. The molecule has 0 bridgehead atoms. The number of fused-ring (bicyclic) bond motifs is 1. The first-order valence-corrected chi connectivity index (χ1v) is 13.3. The monoisotopic (exact) mass is 527 g/mol. The van der Waals surface area contributed by atoms with Gasteiger partial charge >= 0.3 is 0 Å². The molecule has 0 aliphatic heterocycles. The minimum absolute atomic E-state index is 0. The second-order valence-electron chi connectivity index (χ2n) is 9.25. The Balaban J connectivity index is 0.00000361. The number of ether oxygens (including phenoxy) is 1. The molecular weight excluding hydrogens is 494 g/mol. The predicted octanol–water partition coefficient (Wildman–Crippen LogP) is 5.40. The number of nitrogens with one attached hydrogen (secondary N) is 2. The Morgan fingerprint density at radius 3 is 2.14 bits per heavy atom. The van der Waals surface area contributed by atoms with Crippen LogP contribution < -0.4 is 9.46 Å². The van der Waals surface area contributed by atoms with E-state index in [1.54, 1.807) is 0 Å². The van der Waals surface area contributed by atoms with Crippen molar-refractivity contribution in [2.24, 2.45) is 0 Å². The maximum Gasteiger partial charge on any atom is 0.256 e. The number of halogens is 1. The molecule has 1 atom stereocenters. The lowest BCUT2D eigenvalue weighted by Gasteiger charge is -2.21. The van der Waals surface area contributed by atoms with E-state index in [1.165, 1.54) is 0 Å². The lowest BCUT2D eigenvalue weighted by Crippen LogP contribution is -2.31. The molecule has 0 amide bonds. The van der Waals surface area contributed by atoms with Gasteiger partial charge in [0, 0.05) is 35.0 Å². The Morgan fingerprint density at radius 1 is 0.889 bits per heavy atom. The van der Waals surface area contributed by atoms with Gasteiger partial charge in [-0.2, -0.15) is 0 Å². The quantitative estimate of drug-likeness (QED) is 0.290. The first kappa shape index (κ1) is 27.7. The van der Waals surface area contributed by atoms with E-state index >= 15 is 0 Å². The number of H-pyrrole nitrogens is 1. The number of para-hydroxylation sites is 1. The minimum Gasteiger partial charge on any atom is -0.492 e. The third-order valence-electron chi connectivity index (χ3n) is 5.81. The molecule has 1 aromatic heterocycles. The van der Waals surface area contributed by atoms with Crippen LogP contribution in [0, 0.1) is 0 Å². The van der Waals surface area contributed by atoms with Crippen molar-refractivity contribution in [3.05, 3.63) is 95.6 Å². The molecule has 36 heavy (non-hydrogen) atoms. The van der Waals surface area contributed by atoms with E-state index in [0.29, 0.717) is 6.61 Å². The van der Waals surface area contributed by atoms with Gasteiger partial charge in [0.05, 0.1) is 0 Å². The largest absolute Gasteiger partial charge is 0.492 e. The Labute approximate surface area is 220 Å². The Bertz CT molecular complexity index is 1370. The first-order chi connectivity index (χ1) is 16.8. The van der Waals surface area contributed by atoms with Crippen molar-refractivity contribution in [1.82, 2.24) is 14.6 Å². The fraction of sp³-hybridized carbons (Fsp3) is 0.286. The second kappa shape index (κ2) is 11.9. The van der Waals surface area contributed by atoms with E-state index in [1.807, 2.05) is 107 Å². The average molecular weight is 528 g/mol. The van der Waals surface area contributed by atoms with Crippen LogP contribution in [0.15, 0.2) is 83.9 Å². The summed E-state index contributed by atoms with van der Waals surface area (Å²) < 4.78 is 35.6. The molecular formula is C28H34ClN3O3S. The molecule has 8 heteroatoms. The van der Waals surface area contributed by atoms with Crippen molar-refractivity contribution in [3.8, 4) is 5.75 Å².